The first-order chi connectivity index (χ1) is 23.2. The van der Waals surface area contributed by atoms with E-state index in [4.69, 9.17) is 40.7 Å². The van der Waals surface area contributed by atoms with Crippen molar-refractivity contribution in [3.63, 3.8) is 0 Å². The van der Waals surface area contributed by atoms with Crippen LogP contribution in [0.5, 0.6) is 0 Å². The summed E-state index contributed by atoms with van der Waals surface area (Å²) >= 11 is 1.82. The van der Waals surface area contributed by atoms with E-state index in [2.05, 4.69) is 134 Å². The molecule has 0 aliphatic carbocycles. The van der Waals surface area contributed by atoms with E-state index < -0.39 is 25.8 Å². The molecule has 0 N–H and O–H groups in total. The van der Waals surface area contributed by atoms with Crippen LogP contribution in [0.4, 0.5) is 0 Å². The zero-order valence-electron chi connectivity index (χ0n) is 35.3. The molecule has 50 heavy (non-hydrogen) atoms. The van der Waals surface area contributed by atoms with Crippen LogP contribution >= 0.6 is 35.5 Å². The van der Waals surface area contributed by atoms with Gasteiger partial charge < -0.3 is 40.7 Å². The molecule has 0 aromatic heterocycles. The first kappa shape index (κ1) is 58.5. The van der Waals surface area contributed by atoms with Gasteiger partial charge in [-0.3, -0.25) is 0 Å². The van der Waals surface area contributed by atoms with Crippen LogP contribution in [0.3, 0.4) is 0 Å². The Morgan fingerprint density at radius 2 is 0.340 bits per heavy atom. The van der Waals surface area contributed by atoms with Gasteiger partial charge in [-0.15, -0.1) is 0 Å². The van der Waals surface area contributed by atoms with Crippen LogP contribution in [-0.4, -0.2) is 59.5 Å². The van der Waals surface area contributed by atoms with Crippen molar-refractivity contribution in [1.29, 1.82) is 0 Å². The van der Waals surface area contributed by atoms with Crippen molar-refractivity contribution in [2.45, 2.75) is 125 Å². The molecule has 0 amide bonds. The Morgan fingerprint density at radius 1 is 0.260 bits per heavy atom. The molecule has 0 heterocycles. The van der Waals surface area contributed by atoms with Crippen molar-refractivity contribution in [3.05, 3.63) is 0 Å². The first-order valence-electron chi connectivity index (χ1n) is 18.4. The third kappa shape index (κ3) is 54.2. The quantitative estimate of drug-likeness (QED) is 0.0591. The summed E-state index contributed by atoms with van der Waals surface area (Å²) in [5.74, 6) is 4.59. The van der Waals surface area contributed by atoms with E-state index in [1.54, 1.807) is 0 Å². The Morgan fingerprint density at radius 3 is 0.400 bits per heavy atom. The summed E-state index contributed by atoms with van der Waals surface area (Å²) in [7, 11) is 1.09. The van der Waals surface area contributed by atoms with Gasteiger partial charge in [-0.05, 0) is 53.3 Å². The van der Waals surface area contributed by atoms with Crippen molar-refractivity contribution >= 4 is 35.5 Å². The van der Waals surface area contributed by atoms with Crippen molar-refractivity contribution in [1.82, 2.24) is 0 Å². The second kappa shape index (κ2) is 40.5. The second-order valence-corrected chi connectivity index (χ2v) is 19.5. The molecule has 0 aromatic carbocycles. The fourth-order valence-electron chi connectivity index (χ4n) is 2.22. The fourth-order valence-corrected chi connectivity index (χ4v) is 6.67. The van der Waals surface area contributed by atoms with E-state index in [9.17, 15) is 0 Å². The number of halogens is 1. The molecular formula is C36H81ClO9P3Ru. The van der Waals surface area contributed by atoms with E-state index in [-0.39, 0.29) is 0 Å². The fraction of sp³-hybridized carbons (Fsp3) is 1.00. The standard InChI is InChI=1S/3C12H27O3P.ClH.Ru/c3*1-10(2)7-13-16(14-8-11(3)4)15-9-12(5)6;;/h3*10-12H,7-9H2,1-6H3;1H;/q;;;;+1/p-1. The number of hydrogen-bond acceptors (Lipinski definition) is 9. The van der Waals surface area contributed by atoms with Crippen LogP contribution in [0.2, 0.25) is 0 Å². The van der Waals surface area contributed by atoms with E-state index >= 15 is 0 Å². The van der Waals surface area contributed by atoms with Crippen molar-refractivity contribution in [2.24, 2.45) is 53.3 Å². The van der Waals surface area contributed by atoms with Crippen LogP contribution in [0, 0.1) is 53.3 Å². The summed E-state index contributed by atoms with van der Waals surface area (Å²) in [5.41, 5.74) is 0. The van der Waals surface area contributed by atoms with Crippen molar-refractivity contribution < 1.29 is 58.0 Å². The number of hydrogen-bond donors (Lipinski definition) is 0. The van der Waals surface area contributed by atoms with Crippen LogP contribution in [0.25, 0.3) is 0 Å². The van der Waals surface area contributed by atoms with Crippen LogP contribution in [-0.2, 0) is 58.0 Å². The van der Waals surface area contributed by atoms with Crippen LogP contribution < -0.4 is 0 Å². The van der Waals surface area contributed by atoms with Gasteiger partial charge in [0.15, 0.2) is 0 Å². The third-order valence-corrected chi connectivity index (χ3v) is 7.86. The molecule has 0 bridgehead atoms. The maximum atomic E-state index is 5.62. The minimum atomic E-state index is -1.16. The van der Waals surface area contributed by atoms with Gasteiger partial charge in [0.2, 0.25) is 0 Å². The molecule has 0 rings (SSSR count). The molecule has 0 unspecified atom stereocenters. The molecule has 0 radical (unpaired) electrons. The van der Waals surface area contributed by atoms with Gasteiger partial charge in [0.25, 0.3) is 0 Å². The Hall–Kier alpha value is 1.84. The first-order valence-corrected chi connectivity index (χ1v) is 24.0. The third-order valence-electron chi connectivity index (χ3n) is 4.62. The Kier molecular flexibility index (Phi) is 47.4. The van der Waals surface area contributed by atoms with E-state index in [0.717, 1.165) is 0 Å². The summed E-state index contributed by atoms with van der Waals surface area (Å²) in [5, 5.41) is 0. The molecule has 309 valence electrons. The van der Waals surface area contributed by atoms with Gasteiger partial charge in [0, 0.05) is 0 Å². The van der Waals surface area contributed by atoms with E-state index in [0.29, 0.717) is 113 Å². The molecule has 0 aliphatic heterocycles. The predicted octanol–water partition coefficient (Wildman–Crippen LogP) is 13.4. The topological polar surface area (TPSA) is 83.1 Å². The maximum absolute atomic E-state index is 5.62. The van der Waals surface area contributed by atoms with Gasteiger partial charge in [-0.25, -0.2) is 0 Å². The molecule has 0 fully saturated rings. The van der Waals surface area contributed by atoms with Crippen LogP contribution in [0.1, 0.15) is 125 Å². The van der Waals surface area contributed by atoms with Crippen molar-refractivity contribution in [3.8, 4) is 0 Å². The van der Waals surface area contributed by atoms with E-state index in [1.807, 2.05) is 17.3 Å². The minimum absolute atomic E-state index is 0.510. The molecule has 0 aromatic rings. The summed E-state index contributed by atoms with van der Waals surface area (Å²) < 4.78 is 50.6. The Balaban J connectivity index is -0.000000309. The number of rotatable bonds is 27. The van der Waals surface area contributed by atoms with Gasteiger partial charge >= 0.3 is 52.8 Å². The zero-order chi connectivity index (χ0) is 39.7. The van der Waals surface area contributed by atoms with E-state index in [1.165, 1.54) is 0 Å². The average Bonchev–Trinajstić information content (AvgIpc) is 3.00. The Labute approximate surface area is 329 Å². The molecule has 0 atom stereocenters. The molecule has 0 saturated heterocycles. The molecule has 9 nitrogen and oxygen atoms in total. The normalized spacial score (nSPS) is 12.0. The van der Waals surface area contributed by atoms with Gasteiger partial charge in [0.1, 0.15) is 0 Å². The van der Waals surface area contributed by atoms with Gasteiger partial charge in [0.05, 0.1) is 59.5 Å². The second-order valence-electron chi connectivity index (χ2n) is 15.9. The summed E-state index contributed by atoms with van der Waals surface area (Å²) in [6, 6.07) is 0. The molecular weight excluding hydrogens is 806 g/mol. The summed E-state index contributed by atoms with van der Waals surface area (Å²) in [6.07, 6.45) is 0. The molecule has 14 heteroatoms. The SMILES string of the molecule is CC(C)COP(OCC(C)C)OCC(C)C.CC(C)COP(OCC(C)C)OCC(C)C.CC(C)COP(OCC(C)C)OCC(C)C.[Cl][Ru]. The molecule has 0 aliphatic rings. The molecule has 0 saturated carbocycles. The predicted molar refractivity (Wildman–Crippen MR) is 214 cm³/mol. The monoisotopic (exact) mass is 887 g/mol. The zero-order valence-corrected chi connectivity index (χ0v) is 40.5. The summed E-state index contributed by atoms with van der Waals surface area (Å²) in [6.45, 7) is 44.5. The van der Waals surface area contributed by atoms with Gasteiger partial charge in [-0.1, -0.05) is 125 Å². The van der Waals surface area contributed by atoms with Crippen LogP contribution in [0.15, 0.2) is 0 Å². The van der Waals surface area contributed by atoms with Crippen molar-refractivity contribution in [2.75, 3.05) is 59.5 Å². The summed E-state index contributed by atoms with van der Waals surface area (Å²) in [4.78, 5) is 0. The van der Waals surface area contributed by atoms with Gasteiger partial charge in [-0.2, -0.15) is 0 Å². The Bertz CT molecular complexity index is 495. The molecule has 0 spiro atoms. The average molecular weight is 887 g/mol.